The molecule has 44 heteroatoms. The van der Waals surface area contributed by atoms with Gasteiger partial charge in [0.1, 0.15) is 83.6 Å². The summed E-state index contributed by atoms with van der Waals surface area (Å²) in [7, 11) is 0. The lowest BCUT2D eigenvalue weighted by molar-refractivity contribution is -0.144. The molecule has 3 aliphatic rings. The molecule has 127 heavy (non-hydrogen) atoms. The minimum absolute atomic E-state index is 0.0126. The second-order valence-corrected chi connectivity index (χ2v) is 35.3. The molecule has 0 radical (unpaired) electrons. The average Bonchev–Trinajstić information content (AvgIpc) is 1.79. The second kappa shape index (κ2) is 53.3. The zero-order valence-electron chi connectivity index (χ0n) is 74.8. The highest BCUT2D eigenvalue weighted by Crippen LogP contribution is 2.30. The molecule has 31 N–H and O–H groups in total. The topological polar surface area (TPSA) is 731 Å². The van der Waals surface area contributed by atoms with Gasteiger partial charge in [-0.15, -0.1) is 0 Å². The third-order valence-electron chi connectivity index (χ3n) is 22.7. The molecule has 0 spiro atoms. The van der Waals surface area contributed by atoms with E-state index in [1.807, 2.05) is 0 Å². The van der Waals surface area contributed by atoms with E-state index in [1.54, 1.807) is 39.8 Å². The first kappa shape index (κ1) is 108. The maximum Gasteiger partial charge on any atom is 0.248 e. The summed E-state index contributed by atoms with van der Waals surface area (Å²) in [6.45, 7) is 12.5. The fourth-order valence-electron chi connectivity index (χ4n) is 15.4. The molecule has 44 nitrogen and oxygen atoms in total. The van der Waals surface area contributed by atoms with Gasteiger partial charge in [0.25, 0.3) is 0 Å². The molecule has 14 atom stereocenters. The number of amides is 17. The molecule has 17 amide bonds. The van der Waals surface area contributed by atoms with E-state index in [-0.39, 0.29) is 121 Å². The first-order chi connectivity index (χ1) is 59.7. The number of rotatable bonds is 54. The van der Waals surface area contributed by atoms with Crippen molar-refractivity contribution in [3.05, 3.63) is 30.1 Å². The zero-order valence-corrected chi connectivity index (χ0v) is 74.8. The largest absolute Gasteiger partial charge is 0.394 e. The number of aliphatic hydroxyl groups is 2. The number of hydrogen-bond acceptors (Lipinski definition) is 23. The van der Waals surface area contributed by atoms with Gasteiger partial charge in [0.2, 0.25) is 100 Å². The van der Waals surface area contributed by atoms with Gasteiger partial charge in [-0.2, -0.15) is 0 Å². The number of unbranched alkanes of at least 4 members (excludes halogenated alkanes) is 1. The summed E-state index contributed by atoms with van der Waals surface area (Å²) < 4.78 is 0. The number of nitrogens with zero attached hydrogens (tertiary/aromatic N) is 2. The van der Waals surface area contributed by atoms with Crippen LogP contribution in [0, 0.1) is 28.1 Å². The summed E-state index contributed by atoms with van der Waals surface area (Å²) in [5, 5.41) is 75.3. The smallest absolute Gasteiger partial charge is 0.248 e. The minimum Gasteiger partial charge on any atom is -0.394 e. The third-order valence-corrected chi connectivity index (χ3v) is 22.7. The van der Waals surface area contributed by atoms with E-state index in [0.717, 1.165) is 58.3 Å². The van der Waals surface area contributed by atoms with Gasteiger partial charge in [-0.25, -0.2) is 0 Å². The first-order valence-corrected chi connectivity index (χ1v) is 43.9. The number of carbonyl (C=O) groups is 17. The predicted octanol–water partition coefficient (Wildman–Crippen LogP) is -4.82. The SMILES string of the molecule is CC[C@](C)(NC(=O)[C@H]1CCCN1C(=O)[C@H](CO)NC(C)=O)C(=O)NC(Cc1ccncc1)C(=O)N[C@@H](CC1CCCCC1)C(=O)NC(CC(C)(C)C)C(=O)N[C@@H](CC(N)=O)C(=O)NC(CCCCN)C(=O)NC(C)(C)C(=O)NC(C(=O)N[C@@H](CCCNC(=N)N)C(=O)NC(CCC(N)=O)C(=O)N[C@@H](CCCNC(=N)N)C(=O)NC(CC1CCCCC1)C(N)=O)C(C)O. The summed E-state index contributed by atoms with van der Waals surface area (Å²) >= 11 is 0. The molecule has 1 aromatic heterocycles. The molecule has 4 rings (SSSR count). The van der Waals surface area contributed by atoms with Crippen LogP contribution in [-0.2, 0) is 87.9 Å². The zero-order chi connectivity index (χ0) is 95.1. The van der Waals surface area contributed by atoms with Crippen molar-refractivity contribution in [3.63, 3.8) is 0 Å². The maximum atomic E-state index is 15.1. The third kappa shape index (κ3) is 38.3. The van der Waals surface area contributed by atoms with E-state index in [0.29, 0.717) is 31.2 Å². The molecule has 1 saturated heterocycles. The summed E-state index contributed by atoms with van der Waals surface area (Å²) in [5.74, 6) is -16.6. The van der Waals surface area contributed by atoms with E-state index < -0.39 is 227 Å². The Morgan fingerprint density at radius 1 is 0.504 bits per heavy atom. The summed E-state index contributed by atoms with van der Waals surface area (Å²) in [6, 6.07) is -14.7. The maximum absolute atomic E-state index is 15.1. The van der Waals surface area contributed by atoms with Crippen LogP contribution in [-0.4, -0.2) is 255 Å². The molecule has 0 aromatic carbocycles. The van der Waals surface area contributed by atoms with Crippen LogP contribution >= 0.6 is 0 Å². The van der Waals surface area contributed by atoms with Crippen LogP contribution in [0.4, 0.5) is 0 Å². The summed E-state index contributed by atoms with van der Waals surface area (Å²) in [6.07, 6.45) is 8.28. The van der Waals surface area contributed by atoms with Gasteiger partial charge >= 0.3 is 0 Å². The quantitative estimate of drug-likeness (QED) is 0.0165. The molecular formula is C83H141N25O19. The number of primary amides is 3. The van der Waals surface area contributed by atoms with Crippen molar-refractivity contribution in [2.45, 2.75) is 325 Å². The Morgan fingerprint density at radius 3 is 1.44 bits per heavy atom. The van der Waals surface area contributed by atoms with Gasteiger partial charge in [-0.05, 0) is 159 Å². The van der Waals surface area contributed by atoms with Gasteiger partial charge in [-0.1, -0.05) is 91.9 Å². The van der Waals surface area contributed by atoms with Gasteiger partial charge in [0.05, 0.1) is 19.1 Å². The molecule has 3 fully saturated rings. The Morgan fingerprint density at radius 2 is 0.961 bits per heavy atom. The number of aromatic nitrogens is 1. The van der Waals surface area contributed by atoms with Crippen LogP contribution in [0.15, 0.2) is 24.5 Å². The Bertz CT molecular complexity index is 3930. The number of hydrogen-bond donors (Lipinski definition) is 25. The van der Waals surface area contributed by atoms with E-state index >= 15 is 9.59 Å². The van der Waals surface area contributed by atoms with E-state index in [1.165, 1.54) is 45.0 Å². The number of pyridine rings is 1. The second-order valence-electron chi connectivity index (χ2n) is 35.3. The number of nitrogens with two attached hydrogens (primary N) is 6. The number of likely N-dealkylation sites (tertiary alicyclic amines) is 1. The Hall–Kier alpha value is -11.4. The lowest BCUT2D eigenvalue weighted by Crippen LogP contribution is -2.65. The van der Waals surface area contributed by atoms with Crippen LogP contribution in [0.1, 0.15) is 235 Å². The standard InChI is InChI=1S/C83H141N25O19/c1-10-83(9,107-74(123)61-29-21-39-108(61)76(125)60(45-109)95-47(3)111)78(127)104-57(42-50-32-37-92-38-33-50)70(119)101-56(41-49-24-15-12-16-25-49)69(118)103-59(44-81(4,5)6)72(121)102-58(43-63(86)113)71(120)97-53(26-17-18-34-84)73(122)106-82(7,8)77(126)105-64(46(2)110)75(124)99-52(28-20-36-94-80(90)91)66(115)98-54(30-31-62(85)112)68(117)96-51(27-19-35-93-79(88)89)67(116)100-55(65(87)114)40-48-22-13-11-14-23-48/h32-33,37-38,46,48-49,51-61,64,109-110H,10-31,34-36,39-45,84H2,1-9H3,(H2,85,112)(H2,86,113)(H2,87,114)(H,95,111)(H,96,117)(H,97,120)(H,98,115)(H,99,124)(H,100,116)(H,101,119)(H,102,121)(H,103,118)(H,104,127)(H,105,126)(H,106,122)(H,107,123)(H4,88,89,93)(H4,90,91,94)/t46?,51-,52-,53?,54?,55?,56-,57?,58-,59?,60-,61+,64?,83-/m0/s1. The van der Waals surface area contributed by atoms with Gasteiger partial charge < -0.3 is 129 Å². The van der Waals surface area contributed by atoms with Crippen molar-refractivity contribution >= 4 is 112 Å². The van der Waals surface area contributed by atoms with E-state index in [2.05, 4.69) is 84.7 Å². The molecule has 1 aromatic rings. The molecule has 2 saturated carbocycles. The predicted molar refractivity (Wildman–Crippen MR) is 467 cm³/mol. The van der Waals surface area contributed by atoms with Crippen LogP contribution in [0.3, 0.4) is 0 Å². The fraction of sp³-hybridized carbons (Fsp3) is 0.711. The van der Waals surface area contributed by atoms with Gasteiger partial charge in [0, 0.05) is 51.8 Å². The molecule has 1 aliphatic heterocycles. The van der Waals surface area contributed by atoms with Gasteiger partial charge in [-0.3, -0.25) is 97.3 Å². The van der Waals surface area contributed by atoms with Crippen molar-refractivity contribution < 1.29 is 91.7 Å². The normalized spacial score (nSPS) is 17.6. The number of guanidine groups is 2. The molecule has 0 bridgehead atoms. The van der Waals surface area contributed by atoms with Crippen molar-refractivity contribution in [2.75, 3.05) is 32.8 Å². The van der Waals surface area contributed by atoms with Crippen LogP contribution in [0.2, 0.25) is 0 Å². The van der Waals surface area contributed by atoms with E-state index in [4.69, 9.17) is 45.2 Å². The minimum atomic E-state index is -2.06. The highest BCUT2D eigenvalue weighted by molar-refractivity contribution is 6.02. The van der Waals surface area contributed by atoms with E-state index in [9.17, 15) is 82.1 Å². The molecular weight excluding hydrogens is 1650 g/mol. The van der Waals surface area contributed by atoms with Crippen LogP contribution < -0.4 is 114 Å². The first-order valence-electron chi connectivity index (χ1n) is 43.9. The van der Waals surface area contributed by atoms with Crippen molar-refractivity contribution in [3.8, 4) is 0 Å². The lowest BCUT2D eigenvalue weighted by atomic mass is 9.84. The van der Waals surface area contributed by atoms with Crippen molar-refractivity contribution in [2.24, 2.45) is 51.7 Å². The highest BCUT2D eigenvalue weighted by atomic mass is 16.3. The lowest BCUT2D eigenvalue weighted by Gasteiger charge is -2.34. The molecule has 712 valence electrons. The molecule has 7 unspecified atom stereocenters. The monoisotopic (exact) mass is 1790 g/mol. The number of carbonyl (C=O) groups excluding carboxylic acids is 17. The van der Waals surface area contributed by atoms with Crippen LogP contribution in [0.25, 0.3) is 0 Å². The van der Waals surface area contributed by atoms with Crippen molar-refractivity contribution in [1.29, 1.82) is 10.8 Å². The Labute approximate surface area is 741 Å². The molecule has 2 aliphatic carbocycles. The summed E-state index contributed by atoms with van der Waals surface area (Å²) in [5.41, 5.74) is 29.8. The number of nitrogens with one attached hydrogen (secondary N) is 17. The molecule has 2 heterocycles. The highest BCUT2D eigenvalue weighted by Gasteiger charge is 2.45. The Balaban J connectivity index is 1.61. The Kier molecular flexibility index (Phi) is 45.2. The fourth-order valence-corrected chi connectivity index (χ4v) is 15.4. The summed E-state index contributed by atoms with van der Waals surface area (Å²) in [4.78, 5) is 244. The van der Waals surface area contributed by atoms with Gasteiger partial charge in [0.15, 0.2) is 11.9 Å². The average molecular weight is 1790 g/mol. The van der Waals surface area contributed by atoms with Crippen LogP contribution in [0.5, 0.6) is 0 Å². The van der Waals surface area contributed by atoms with Crippen molar-refractivity contribution in [1.82, 2.24) is 89.6 Å². The number of aliphatic hydroxyl groups excluding tert-OH is 2.